The zero-order valence-corrected chi connectivity index (χ0v) is 16.0. The van der Waals surface area contributed by atoms with E-state index in [9.17, 15) is 13.2 Å². The largest absolute Gasteiger partial charge is 0.325 e. The van der Waals surface area contributed by atoms with Crippen LogP contribution in [0.4, 0.5) is 5.69 Å². The van der Waals surface area contributed by atoms with Crippen LogP contribution in [0.5, 0.6) is 0 Å². The van der Waals surface area contributed by atoms with E-state index in [-0.39, 0.29) is 12.5 Å². The summed E-state index contributed by atoms with van der Waals surface area (Å²) in [6, 6.07) is 8.76. The van der Waals surface area contributed by atoms with E-state index in [1.54, 1.807) is 24.3 Å². The average molecular weight is 379 g/mol. The van der Waals surface area contributed by atoms with Crippen LogP contribution in [0, 0.1) is 11.3 Å². The third-order valence-electron chi connectivity index (χ3n) is 4.33. The molecule has 1 aromatic rings. The highest BCUT2D eigenvalue weighted by molar-refractivity contribution is 7.86. The van der Waals surface area contributed by atoms with E-state index in [2.05, 4.69) is 5.32 Å². The van der Waals surface area contributed by atoms with Gasteiger partial charge in [0.2, 0.25) is 5.91 Å². The van der Waals surface area contributed by atoms with Crippen LogP contribution in [0.1, 0.15) is 19.4 Å². The summed E-state index contributed by atoms with van der Waals surface area (Å²) in [4.78, 5) is 14.1. The summed E-state index contributed by atoms with van der Waals surface area (Å²) in [5.41, 5.74) is 1.06. The van der Waals surface area contributed by atoms with Crippen molar-refractivity contribution in [2.75, 3.05) is 51.1 Å². The molecule has 0 atom stereocenters. The summed E-state index contributed by atoms with van der Waals surface area (Å²) in [7, 11) is -3.42. The van der Waals surface area contributed by atoms with E-state index in [4.69, 9.17) is 5.26 Å². The van der Waals surface area contributed by atoms with Crippen LogP contribution in [0.25, 0.3) is 0 Å². The number of rotatable bonds is 7. The van der Waals surface area contributed by atoms with Gasteiger partial charge in [-0.05, 0) is 18.2 Å². The molecule has 0 radical (unpaired) electrons. The molecule has 1 fully saturated rings. The highest BCUT2D eigenvalue weighted by Gasteiger charge is 2.31. The molecule has 26 heavy (non-hydrogen) atoms. The summed E-state index contributed by atoms with van der Waals surface area (Å²) in [5, 5.41) is 11.7. The van der Waals surface area contributed by atoms with Crippen LogP contribution < -0.4 is 5.32 Å². The number of anilines is 1. The number of carbonyl (C=O) groups is 1. The molecule has 142 valence electrons. The van der Waals surface area contributed by atoms with E-state index < -0.39 is 10.2 Å². The number of piperazine rings is 1. The van der Waals surface area contributed by atoms with E-state index >= 15 is 0 Å². The van der Waals surface area contributed by atoms with Gasteiger partial charge in [-0.3, -0.25) is 9.69 Å². The van der Waals surface area contributed by atoms with Crippen LogP contribution in [-0.4, -0.2) is 73.6 Å². The number of nitrogens with zero attached hydrogens (tertiary/aromatic N) is 4. The number of nitriles is 1. The topological polar surface area (TPSA) is 96.8 Å². The second-order valence-electron chi connectivity index (χ2n) is 6.01. The van der Waals surface area contributed by atoms with Crippen molar-refractivity contribution in [1.29, 1.82) is 5.26 Å². The maximum absolute atomic E-state index is 12.5. The van der Waals surface area contributed by atoms with E-state index in [1.165, 1.54) is 8.61 Å². The van der Waals surface area contributed by atoms with Crippen LogP contribution in [0.2, 0.25) is 0 Å². The molecule has 1 amide bonds. The van der Waals surface area contributed by atoms with Crippen molar-refractivity contribution in [1.82, 2.24) is 13.5 Å². The molecule has 0 aromatic heterocycles. The Morgan fingerprint density at radius 1 is 1.23 bits per heavy atom. The average Bonchev–Trinajstić information content (AvgIpc) is 2.63. The zero-order chi connectivity index (χ0) is 19.2. The van der Waals surface area contributed by atoms with Gasteiger partial charge in [0.15, 0.2) is 0 Å². The second-order valence-corrected chi connectivity index (χ2v) is 7.94. The molecule has 1 N–H and O–H groups in total. The maximum Gasteiger partial charge on any atom is 0.282 e. The molecule has 1 aliphatic rings. The zero-order valence-electron chi connectivity index (χ0n) is 15.2. The summed E-state index contributed by atoms with van der Waals surface area (Å²) in [6.07, 6.45) is 0. The lowest BCUT2D eigenvalue weighted by molar-refractivity contribution is -0.117. The number of amides is 1. The summed E-state index contributed by atoms with van der Waals surface area (Å²) < 4.78 is 27.9. The summed E-state index contributed by atoms with van der Waals surface area (Å²) in [5.74, 6) is -0.180. The lowest BCUT2D eigenvalue weighted by atomic mass is 10.2. The Morgan fingerprint density at radius 3 is 2.46 bits per heavy atom. The molecular formula is C17H25N5O3S. The Kier molecular flexibility index (Phi) is 7.11. The molecule has 0 saturated carbocycles. The standard InChI is InChI=1S/C17H25N5O3S/c1-3-21(4-2)26(24,25)22-10-8-20(9-11-22)14-17(23)19-16-7-5-6-15(12-16)13-18/h5-7,12H,3-4,8-11,14H2,1-2H3,(H,19,23). The van der Waals surface area contributed by atoms with E-state index in [1.807, 2.05) is 24.8 Å². The minimum Gasteiger partial charge on any atom is -0.325 e. The van der Waals surface area contributed by atoms with Gasteiger partial charge in [0, 0.05) is 45.0 Å². The number of carbonyl (C=O) groups excluding carboxylic acids is 1. The van der Waals surface area contributed by atoms with Crippen LogP contribution >= 0.6 is 0 Å². The van der Waals surface area contributed by atoms with Crippen molar-refractivity contribution in [3.8, 4) is 6.07 Å². The SMILES string of the molecule is CCN(CC)S(=O)(=O)N1CCN(CC(=O)Nc2cccc(C#N)c2)CC1. The van der Waals surface area contributed by atoms with Gasteiger partial charge < -0.3 is 5.32 Å². The quantitative estimate of drug-likeness (QED) is 0.752. The monoisotopic (exact) mass is 379 g/mol. The van der Waals surface area contributed by atoms with Crippen molar-refractivity contribution >= 4 is 21.8 Å². The lowest BCUT2D eigenvalue weighted by Crippen LogP contribution is -2.54. The number of benzene rings is 1. The van der Waals surface area contributed by atoms with Gasteiger partial charge in [-0.1, -0.05) is 19.9 Å². The van der Waals surface area contributed by atoms with Gasteiger partial charge in [-0.15, -0.1) is 0 Å². The smallest absolute Gasteiger partial charge is 0.282 e. The molecule has 2 rings (SSSR count). The van der Waals surface area contributed by atoms with Crippen molar-refractivity contribution in [2.45, 2.75) is 13.8 Å². The fourth-order valence-corrected chi connectivity index (χ4v) is 4.51. The first-order chi connectivity index (χ1) is 12.4. The van der Waals surface area contributed by atoms with Gasteiger partial charge in [-0.25, -0.2) is 0 Å². The Balaban J connectivity index is 1.86. The lowest BCUT2D eigenvalue weighted by Gasteiger charge is -2.35. The molecule has 0 unspecified atom stereocenters. The normalized spacial score (nSPS) is 16.4. The van der Waals surface area contributed by atoms with Crippen molar-refractivity contribution in [3.63, 3.8) is 0 Å². The van der Waals surface area contributed by atoms with Crippen LogP contribution in [0.3, 0.4) is 0 Å². The first-order valence-electron chi connectivity index (χ1n) is 8.68. The first kappa shape index (κ1) is 20.3. The van der Waals surface area contributed by atoms with Gasteiger partial charge in [0.1, 0.15) is 0 Å². The summed E-state index contributed by atoms with van der Waals surface area (Å²) in [6.45, 7) is 6.48. The van der Waals surface area contributed by atoms with Gasteiger partial charge in [0.05, 0.1) is 18.2 Å². The number of hydrogen-bond donors (Lipinski definition) is 1. The molecule has 0 spiro atoms. The molecule has 0 bridgehead atoms. The minimum atomic E-state index is -3.42. The predicted octanol–water partition coefficient (Wildman–Crippen LogP) is 0.701. The summed E-state index contributed by atoms with van der Waals surface area (Å²) >= 11 is 0. The molecule has 8 nitrogen and oxygen atoms in total. The Morgan fingerprint density at radius 2 is 1.88 bits per heavy atom. The highest BCUT2D eigenvalue weighted by Crippen LogP contribution is 2.13. The second kappa shape index (κ2) is 9.09. The third-order valence-corrected chi connectivity index (χ3v) is 6.52. The fraction of sp³-hybridized carbons (Fsp3) is 0.529. The van der Waals surface area contributed by atoms with Crippen LogP contribution in [-0.2, 0) is 15.0 Å². The number of hydrogen-bond acceptors (Lipinski definition) is 5. The van der Waals surface area contributed by atoms with Crippen LogP contribution in [0.15, 0.2) is 24.3 Å². The first-order valence-corrected chi connectivity index (χ1v) is 10.1. The van der Waals surface area contributed by atoms with E-state index in [0.29, 0.717) is 50.5 Å². The molecule has 1 aromatic carbocycles. The van der Waals surface area contributed by atoms with Gasteiger partial charge in [-0.2, -0.15) is 22.3 Å². The molecule has 1 saturated heterocycles. The molecule has 9 heteroatoms. The fourth-order valence-electron chi connectivity index (χ4n) is 2.90. The molecule has 0 aliphatic carbocycles. The minimum absolute atomic E-state index is 0.180. The molecule has 1 aliphatic heterocycles. The van der Waals surface area contributed by atoms with E-state index in [0.717, 1.165) is 0 Å². The third kappa shape index (κ3) is 5.02. The highest BCUT2D eigenvalue weighted by atomic mass is 32.2. The van der Waals surface area contributed by atoms with Gasteiger partial charge >= 0.3 is 0 Å². The Labute approximate surface area is 155 Å². The Bertz CT molecular complexity index is 763. The van der Waals surface area contributed by atoms with Gasteiger partial charge in [0.25, 0.3) is 10.2 Å². The number of nitrogens with one attached hydrogen (secondary N) is 1. The van der Waals surface area contributed by atoms with Crippen molar-refractivity contribution < 1.29 is 13.2 Å². The Hall–Kier alpha value is -1.99. The van der Waals surface area contributed by atoms with Crippen molar-refractivity contribution in [2.24, 2.45) is 0 Å². The molecule has 1 heterocycles. The predicted molar refractivity (Wildman–Crippen MR) is 99.6 cm³/mol. The maximum atomic E-state index is 12.5. The van der Waals surface area contributed by atoms with Crippen molar-refractivity contribution in [3.05, 3.63) is 29.8 Å². The molecular weight excluding hydrogens is 354 g/mol.